The second-order valence-corrected chi connectivity index (χ2v) is 11.4. The number of nitrogens with one attached hydrogen (secondary N) is 1. The van der Waals surface area contributed by atoms with Gasteiger partial charge >= 0.3 is 0 Å². The molecule has 2 heterocycles. The molecular formula is C32H37ClN2O4. The van der Waals surface area contributed by atoms with Gasteiger partial charge in [0.15, 0.2) is 11.5 Å². The van der Waals surface area contributed by atoms with Gasteiger partial charge in [0.25, 0.3) is 0 Å². The maximum absolute atomic E-state index is 13.8. The number of amides is 1. The fraction of sp³-hybridized carbons (Fsp3) is 0.406. The Labute approximate surface area is 235 Å². The third kappa shape index (κ3) is 5.51. The first kappa shape index (κ1) is 27.5. The molecule has 2 aliphatic rings. The molecule has 5 rings (SSSR count). The summed E-state index contributed by atoms with van der Waals surface area (Å²) < 4.78 is 11.7. The van der Waals surface area contributed by atoms with E-state index in [1.165, 1.54) is 0 Å². The quantitative estimate of drug-likeness (QED) is 0.378. The smallest absolute Gasteiger partial charge is 0.232 e. The van der Waals surface area contributed by atoms with Gasteiger partial charge < -0.3 is 24.8 Å². The van der Waals surface area contributed by atoms with Crippen LogP contribution in [0.5, 0.6) is 11.5 Å². The molecule has 0 aliphatic carbocycles. The van der Waals surface area contributed by atoms with Crippen molar-refractivity contribution in [2.45, 2.75) is 57.8 Å². The third-order valence-corrected chi connectivity index (χ3v) is 8.25. The molecule has 39 heavy (non-hydrogen) atoms. The highest BCUT2D eigenvalue weighted by Gasteiger charge is 2.38. The van der Waals surface area contributed by atoms with Gasteiger partial charge in [0.05, 0.1) is 31.3 Å². The van der Waals surface area contributed by atoms with Crippen molar-refractivity contribution in [2.75, 3.05) is 25.1 Å². The maximum atomic E-state index is 13.8. The summed E-state index contributed by atoms with van der Waals surface area (Å²) in [6.45, 7) is 7.69. The summed E-state index contributed by atoms with van der Waals surface area (Å²) in [6, 6.07) is 19.0. The monoisotopic (exact) mass is 548 g/mol. The molecule has 2 aliphatic heterocycles. The molecule has 7 heteroatoms. The lowest BCUT2D eigenvalue weighted by Crippen LogP contribution is -2.41. The third-order valence-electron chi connectivity index (χ3n) is 8.00. The first-order chi connectivity index (χ1) is 18.7. The van der Waals surface area contributed by atoms with E-state index < -0.39 is 5.60 Å². The molecular weight excluding hydrogens is 512 g/mol. The van der Waals surface area contributed by atoms with E-state index in [1.807, 2.05) is 86.3 Å². The van der Waals surface area contributed by atoms with Crippen LogP contribution in [-0.4, -0.2) is 37.3 Å². The van der Waals surface area contributed by atoms with E-state index in [4.69, 9.17) is 21.1 Å². The van der Waals surface area contributed by atoms with E-state index in [1.54, 1.807) is 7.11 Å². The van der Waals surface area contributed by atoms with Gasteiger partial charge in [-0.3, -0.25) is 4.79 Å². The van der Waals surface area contributed by atoms with Crippen LogP contribution in [0.3, 0.4) is 0 Å². The van der Waals surface area contributed by atoms with Crippen molar-refractivity contribution in [3.63, 3.8) is 0 Å². The second-order valence-electron chi connectivity index (χ2n) is 11.0. The summed E-state index contributed by atoms with van der Waals surface area (Å²) >= 11 is 6.23. The van der Waals surface area contributed by atoms with Gasteiger partial charge in [0, 0.05) is 10.7 Å². The van der Waals surface area contributed by atoms with Crippen LogP contribution >= 0.6 is 11.6 Å². The van der Waals surface area contributed by atoms with Gasteiger partial charge in [-0.05, 0) is 111 Å². The highest BCUT2D eigenvalue weighted by molar-refractivity contribution is 6.30. The molecule has 1 saturated heterocycles. The summed E-state index contributed by atoms with van der Waals surface area (Å²) in [5, 5.41) is 15.5. The van der Waals surface area contributed by atoms with Crippen molar-refractivity contribution in [2.24, 2.45) is 5.92 Å². The SMILES string of the molecule is COc1cc2c(cc1OC(C)C)C(c1ccc(Cl)cc1)N(c1ccc(C(C)(O)C3CCNCC3)cc1)C(=O)C2. The Morgan fingerprint density at radius 2 is 1.69 bits per heavy atom. The number of anilines is 1. The second kappa shape index (κ2) is 11.2. The molecule has 2 atom stereocenters. The Morgan fingerprint density at radius 1 is 1.03 bits per heavy atom. The lowest BCUT2D eigenvalue weighted by molar-refractivity contribution is -0.118. The average Bonchev–Trinajstić information content (AvgIpc) is 2.93. The maximum Gasteiger partial charge on any atom is 0.232 e. The molecule has 6 nitrogen and oxygen atoms in total. The van der Waals surface area contributed by atoms with Crippen LogP contribution in [0.4, 0.5) is 5.69 Å². The number of hydrogen-bond acceptors (Lipinski definition) is 5. The number of fused-ring (bicyclic) bond motifs is 1. The number of hydrogen-bond donors (Lipinski definition) is 2. The average molecular weight is 549 g/mol. The van der Waals surface area contributed by atoms with Gasteiger partial charge in [-0.1, -0.05) is 35.9 Å². The van der Waals surface area contributed by atoms with E-state index >= 15 is 0 Å². The van der Waals surface area contributed by atoms with Crippen LogP contribution in [0, 0.1) is 5.92 Å². The number of carbonyl (C=O) groups is 1. The van der Waals surface area contributed by atoms with Gasteiger partial charge in [-0.15, -0.1) is 0 Å². The predicted molar refractivity (Wildman–Crippen MR) is 155 cm³/mol. The molecule has 206 valence electrons. The summed E-state index contributed by atoms with van der Waals surface area (Å²) in [7, 11) is 1.61. The topological polar surface area (TPSA) is 71.0 Å². The molecule has 0 bridgehead atoms. The first-order valence-electron chi connectivity index (χ1n) is 13.7. The zero-order valence-corrected chi connectivity index (χ0v) is 23.8. The number of halogens is 1. The number of piperidine rings is 1. The number of carbonyl (C=O) groups excluding carboxylic acids is 1. The minimum Gasteiger partial charge on any atom is -0.493 e. The summed E-state index contributed by atoms with van der Waals surface area (Å²) in [6.07, 6.45) is 2.07. The van der Waals surface area contributed by atoms with Gasteiger partial charge in [-0.2, -0.15) is 0 Å². The molecule has 1 amide bonds. The van der Waals surface area contributed by atoms with E-state index in [0.29, 0.717) is 16.5 Å². The molecule has 0 spiro atoms. The highest BCUT2D eigenvalue weighted by Crippen LogP contribution is 2.44. The fourth-order valence-electron chi connectivity index (χ4n) is 5.91. The van der Waals surface area contributed by atoms with Crippen molar-refractivity contribution in [3.05, 3.63) is 87.9 Å². The Hall–Kier alpha value is -3.06. The lowest BCUT2D eigenvalue weighted by atomic mass is 9.77. The summed E-state index contributed by atoms with van der Waals surface area (Å²) in [4.78, 5) is 15.6. The van der Waals surface area contributed by atoms with Crippen LogP contribution in [-0.2, 0) is 16.8 Å². The molecule has 2 unspecified atom stereocenters. The number of ether oxygens (including phenoxy) is 2. The fourth-order valence-corrected chi connectivity index (χ4v) is 6.03. The molecule has 3 aromatic rings. The lowest BCUT2D eigenvalue weighted by Gasteiger charge is -2.39. The minimum atomic E-state index is -0.936. The number of methoxy groups -OCH3 is 1. The Balaban J connectivity index is 1.58. The van der Waals surface area contributed by atoms with Gasteiger partial charge in [-0.25, -0.2) is 0 Å². The number of benzene rings is 3. The van der Waals surface area contributed by atoms with E-state index in [-0.39, 0.29) is 30.4 Å². The van der Waals surface area contributed by atoms with Crippen LogP contribution in [0.25, 0.3) is 0 Å². The Kier molecular flexibility index (Phi) is 7.90. The molecule has 0 aromatic heterocycles. The normalized spacial score (nSPS) is 19.5. The summed E-state index contributed by atoms with van der Waals surface area (Å²) in [5.74, 6) is 1.43. The molecule has 0 saturated carbocycles. The van der Waals surface area contributed by atoms with Crippen LogP contribution < -0.4 is 19.7 Å². The molecule has 3 aromatic carbocycles. The number of aliphatic hydroxyl groups is 1. The van der Waals surface area contributed by atoms with E-state index in [9.17, 15) is 9.90 Å². The van der Waals surface area contributed by atoms with Crippen LogP contribution in [0.1, 0.15) is 61.9 Å². The number of nitrogens with zero attached hydrogens (tertiary/aromatic N) is 1. The van der Waals surface area contributed by atoms with Crippen molar-refractivity contribution in [1.29, 1.82) is 0 Å². The summed E-state index contributed by atoms with van der Waals surface area (Å²) in [5.41, 5.74) is 3.55. The van der Waals surface area contributed by atoms with E-state index in [2.05, 4.69) is 5.32 Å². The van der Waals surface area contributed by atoms with Crippen LogP contribution in [0.15, 0.2) is 60.7 Å². The Bertz CT molecular complexity index is 1320. The van der Waals surface area contributed by atoms with Crippen molar-refractivity contribution in [3.8, 4) is 11.5 Å². The molecule has 0 radical (unpaired) electrons. The van der Waals surface area contributed by atoms with E-state index in [0.717, 1.165) is 53.9 Å². The largest absolute Gasteiger partial charge is 0.493 e. The highest BCUT2D eigenvalue weighted by atomic mass is 35.5. The zero-order chi connectivity index (χ0) is 27.7. The standard InChI is InChI=1S/C32H37ClN2O4/c1-20(2)39-29-19-27-22(17-28(29)38-4)18-30(36)35(31(27)21-5-9-25(33)10-6-21)26-11-7-23(8-12-26)32(3,37)24-13-15-34-16-14-24/h5-12,17,19-20,24,31,34,37H,13-16,18H2,1-4H3. The van der Waals surface area contributed by atoms with Gasteiger partial charge in [0.2, 0.25) is 5.91 Å². The number of rotatable bonds is 7. The molecule has 1 fully saturated rings. The zero-order valence-electron chi connectivity index (χ0n) is 23.0. The van der Waals surface area contributed by atoms with Gasteiger partial charge in [0.1, 0.15) is 0 Å². The van der Waals surface area contributed by atoms with Crippen molar-refractivity contribution < 1.29 is 19.4 Å². The molecule has 2 N–H and O–H groups in total. The van der Waals surface area contributed by atoms with Crippen molar-refractivity contribution >= 4 is 23.2 Å². The van der Waals surface area contributed by atoms with Crippen molar-refractivity contribution in [1.82, 2.24) is 5.32 Å². The first-order valence-corrected chi connectivity index (χ1v) is 14.1. The predicted octanol–water partition coefficient (Wildman–Crippen LogP) is 6.02. The van der Waals surface area contributed by atoms with Crippen LogP contribution in [0.2, 0.25) is 5.02 Å². The Morgan fingerprint density at radius 3 is 2.31 bits per heavy atom. The minimum absolute atomic E-state index is 0.0140.